The third-order valence-electron chi connectivity index (χ3n) is 0.144. The van der Waals surface area contributed by atoms with Gasteiger partial charge in [0.1, 0.15) is 0 Å². The summed E-state index contributed by atoms with van der Waals surface area (Å²) in [5, 5.41) is 0. The van der Waals surface area contributed by atoms with E-state index in [9.17, 15) is 0 Å². The summed E-state index contributed by atoms with van der Waals surface area (Å²) in [7, 11) is 1.51. The summed E-state index contributed by atoms with van der Waals surface area (Å²) in [5.74, 6) is 0. The van der Waals surface area contributed by atoms with Crippen LogP contribution < -0.4 is 0 Å². The van der Waals surface area contributed by atoms with Gasteiger partial charge in [-0.05, 0) is 0 Å². The van der Waals surface area contributed by atoms with Gasteiger partial charge in [-0.3, -0.25) is 0 Å². The zero-order valence-corrected chi connectivity index (χ0v) is 6.03. The van der Waals surface area contributed by atoms with Gasteiger partial charge in [-0.15, -0.1) is 0 Å². The third kappa shape index (κ3) is 12.0. The van der Waals surface area contributed by atoms with Crippen LogP contribution in [0.1, 0.15) is 0 Å². The standard InChI is InChI=1S/C3H5O.Y/c1-3-4-2;/h1H2,2H3;/q-1;+3. The Morgan fingerprint density at radius 2 is 2.00 bits per heavy atom. The van der Waals surface area contributed by atoms with Gasteiger partial charge in [0.05, 0.1) is 0 Å². The van der Waals surface area contributed by atoms with E-state index < -0.39 is 0 Å². The third-order valence-corrected chi connectivity index (χ3v) is 0.144. The van der Waals surface area contributed by atoms with Crippen LogP contribution in [0.3, 0.4) is 0 Å². The minimum Gasteiger partial charge on any atom is -0.695 e. The first-order chi connectivity index (χ1) is 1.91. The van der Waals surface area contributed by atoms with Crippen molar-refractivity contribution in [2.24, 2.45) is 0 Å². The van der Waals surface area contributed by atoms with E-state index in [1.54, 1.807) is 0 Å². The smallest absolute Gasteiger partial charge is 0.695 e. The summed E-state index contributed by atoms with van der Waals surface area (Å²) in [6, 6.07) is 0. The predicted molar refractivity (Wildman–Crippen MR) is 15.9 cm³/mol. The quantitative estimate of drug-likeness (QED) is 0.388. The van der Waals surface area contributed by atoms with Crippen LogP contribution in [0, 0.1) is 6.26 Å². The van der Waals surface area contributed by atoms with E-state index in [1.807, 2.05) is 0 Å². The maximum Gasteiger partial charge on any atom is 3.00 e. The topological polar surface area (TPSA) is 9.23 Å². The molecule has 5 heavy (non-hydrogen) atoms. The number of rotatable bonds is 1. The second kappa shape index (κ2) is 8.82. The Morgan fingerprint density at radius 1 is 1.80 bits per heavy atom. The molecule has 2 heteroatoms. The first kappa shape index (κ1) is 9.17. The van der Waals surface area contributed by atoms with Gasteiger partial charge in [0.2, 0.25) is 0 Å². The van der Waals surface area contributed by atoms with Crippen LogP contribution in [-0.2, 0) is 37.4 Å². The first-order valence-corrected chi connectivity index (χ1v) is 0.966. The van der Waals surface area contributed by atoms with Crippen molar-refractivity contribution in [2.75, 3.05) is 7.11 Å². The van der Waals surface area contributed by atoms with Crippen LogP contribution in [0.4, 0.5) is 0 Å². The fraction of sp³-hybridized carbons (Fsp3) is 0.333. The Morgan fingerprint density at radius 3 is 2.00 bits per heavy atom. The molecule has 0 aromatic rings. The molecule has 0 spiro atoms. The molecule has 0 bridgehead atoms. The zero-order valence-electron chi connectivity index (χ0n) is 3.19. The maximum atomic E-state index is 4.18. The van der Waals surface area contributed by atoms with Crippen molar-refractivity contribution < 1.29 is 37.4 Å². The zero-order chi connectivity index (χ0) is 3.41. The molecule has 0 saturated carbocycles. The number of hydrogen-bond donors (Lipinski definition) is 0. The van der Waals surface area contributed by atoms with Crippen LogP contribution in [0.15, 0.2) is 6.58 Å². The molecule has 0 heterocycles. The fourth-order valence-corrected chi connectivity index (χ4v) is 0. The molecule has 0 saturated heterocycles. The van der Waals surface area contributed by atoms with Crippen LogP contribution in [-0.4, -0.2) is 7.11 Å². The molecule has 0 unspecified atom stereocenters. The molecule has 1 nitrogen and oxygen atoms in total. The number of hydrogen-bond acceptors (Lipinski definition) is 1. The molecule has 0 aromatic heterocycles. The second-order valence-corrected chi connectivity index (χ2v) is 0.348. The fourth-order valence-electron chi connectivity index (χ4n) is 0. The SMILES string of the molecule is C=[C-]OC.[Y+3]. The van der Waals surface area contributed by atoms with Crippen LogP contribution in [0.2, 0.25) is 0 Å². The molecule has 0 N–H and O–H groups in total. The second-order valence-electron chi connectivity index (χ2n) is 0.348. The van der Waals surface area contributed by atoms with Crippen LogP contribution in [0.25, 0.3) is 0 Å². The summed E-state index contributed by atoms with van der Waals surface area (Å²) < 4.78 is 4.18. The average molecular weight is 146 g/mol. The molecular formula is C3H5OY+2. The molecule has 24 valence electrons. The van der Waals surface area contributed by atoms with Crippen molar-refractivity contribution in [3.8, 4) is 0 Å². The van der Waals surface area contributed by atoms with Crippen LogP contribution in [0.5, 0.6) is 0 Å². The molecule has 0 aliphatic heterocycles. The van der Waals surface area contributed by atoms with Gasteiger partial charge in [-0.2, -0.15) is 0 Å². The van der Waals surface area contributed by atoms with Crippen molar-refractivity contribution >= 4 is 0 Å². The van der Waals surface area contributed by atoms with E-state index >= 15 is 0 Å². The van der Waals surface area contributed by atoms with Gasteiger partial charge in [-0.25, -0.2) is 6.58 Å². The molecule has 0 fully saturated rings. The maximum absolute atomic E-state index is 4.18. The van der Waals surface area contributed by atoms with Gasteiger partial charge >= 0.3 is 32.7 Å². The van der Waals surface area contributed by atoms with E-state index in [4.69, 9.17) is 0 Å². The van der Waals surface area contributed by atoms with E-state index in [1.165, 1.54) is 7.11 Å². The monoisotopic (exact) mass is 146 g/mol. The molecule has 0 rings (SSSR count). The van der Waals surface area contributed by atoms with Gasteiger partial charge in [0, 0.05) is 7.11 Å². The average Bonchev–Trinajstić information content (AvgIpc) is 1.37. The molecule has 0 radical (unpaired) electrons. The van der Waals surface area contributed by atoms with Gasteiger partial charge in [0.25, 0.3) is 0 Å². The molecular weight excluding hydrogens is 141 g/mol. The summed E-state index contributed by atoms with van der Waals surface area (Å²) in [6.07, 6.45) is 2.18. The Labute approximate surface area is 57.3 Å². The van der Waals surface area contributed by atoms with Crippen molar-refractivity contribution in [3.05, 3.63) is 12.8 Å². The van der Waals surface area contributed by atoms with E-state index in [0.717, 1.165) is 0 Å². The number of methoxy groups -OCH3 is 1. The van der Waals surface area contributed by atoms with Gasteiger partial charge < -0.3 is 11.0 Å². The van der Waals surface area contributed by atoms with E-state index in [2.05, 4.69) is 17.6 Å². The summed E-state index contributed by atoms with van der Waals surface area (Å²) in [4.78, 5) is 0. The normalized spacial score (nSPS) is 4.20. The van der Waals surface area contributed by atoms with Crippen molar-refractivity contribution in [3.63, 3.8) is 0 Å². The molecule has 0 amide bonds. The van der Waals surface area contributed by atoms with E-state index in [0.29, 0.717) is 0 Å². The summed E-state index contributed by atoms with van der Waals surface area (Å²) in [5.41, 5.74) is 0. The molecule has 0 aromatic carbocycles. The molecule has 0 atom stereocenters. The summed E-state index contributed by atoms with van der Waals surface area (Å²) >= 11 is 0. The van der Waals surface area contributed by atoms with Crippen molar-refractivity contribution in [2.45, 2.75) is 0 Å². The van der Waals surface area contributed by atoms with Crippen molar-refractivity contribution in [1.29, 1.82) is 0 Å². The number of ether oxygens (including phenoxy) is 1. The Kier molecular flexibility index (Phi) is 16.2. The van der Waals surface area contributed by atoms with E-state index in [-0.39, 0.29) is 32.7 Å². The van der Waals surface area contributed by atoms with Crippen molar-refractivity contribution in [1.82, 2.24) is 0 Å². The Balaban J connectivity index is 0. The largest absolute Gasteiger partial charge is 3.00 e. The Hall–Kier alpha value is 0.644. The predicted octanol–water partition coefficient (Wildman–Crippen LogP) is 0.577. The van der Waals surface area contributed by atoms with Gasteiger partial charge in [-0.1, -0.05) is 0 Å². The minimum atomic E-state index is 0. The summed E-state index contributed by atoms with van der Waals surface area (Å²) in [6.45, 7) is 3.13. The Bertz CT molecular complexity index is 20.9. The minimum absolute atomic E-state index is 0. The molecule has 0 aliphatic carbocycles. The first-order valence-electron chi connectivity index (χ1n) is 0.966. The van der Waals surface area contributed by atoms with Gasteiger partial charge in [0.15, 0.2) is 0 Å². The van der Waals surface area contributed by atoms with Crippen LogP contribution >= 0.6 is 0 Å². The molecule has 0 aliphatic rings.